The number of nitriles is 1. The van der Waals surface area contributed by atoms with Crippen LogP contribution in [0.2, 0.25) is 0 Å². The number of carbonyl (C=O) groups excluding carboxylic acids is 1. The largest absolute Gasteiger partial charge is 0.457 e. The smallest absolute Gasteiger partial charge is 0.267 e. The zero-order valence-electron chi connectivity index (χ0n) is 15.8. The molecule has 0 atom stereocenters. The van der Waals surface area contributed by atoms with Crippen LogP contribution in [0.4, 0.5) is 5.69 Å². The number of nitrogens with one attached hydrogen (secondary N) is 2. The number of benzene rings is 3. The van der Waals surface area contributed by atoms with Crippen LogP contribution in [-0.2, 0) is 11.2 Å². The van der Waals surface area contributed by atoms with Gasteiger partial charge in [-0.15, -0.1) is 0 Å². The summed E-state index contributed by atoms with van der Waals surface area (Å²) in [7, 11) is 0. The fraction of sp³-hybridized carbons (Fsp3) is 0.0833. The van der Waals surface area contributed by atoms with Crippen molar-refractivity contribution < 1.29 is 9.53 Å². The molecule has 0 bridgehead atoms. The molecular formula is C24H21N3O2. The summed E-state index contributed by atoms with van der Waals surface area (Å²) < 4.78 is 5.72. The van der Waals surface area contributed by atoms with Crippen molar-refractivity contribution in [2.75, 3.05) is 11.9 Å². The summed E-state index contributed by atoms with van der Waals surface area (Å²) in [6, 6.07) is 28.4. The number of para-hydroxylation sites is 1. The third kappa shape index (κ3) is 6.26. The molecule has 0 aliphatic carbocycles. The monoisotopic (exact) mass is 383 g/mol. The molecule has 0 fully saturated rings. The maximum Gasteiger partial charge on any atom is 0.267 e. The maximum atomic E-state index is 12.3. The third-order valence-electron chi connectivity index (χ3n) is 4.10. The summed E-state index contributed by atoms with van der Waals surface area (Å²) in [6.07, 6.45) is 2.26. The number of hydrogen-bond donors (Lipinski definition) is 2. The summed E-state index contributed by atoms with van der Waals surface area (Å²) >= 11 is 0. The molecule has 3 rings (SSSR count). The molecule has 0 aliphatic heterocycles. The number of anilines is 1. The van der Waals surface area contributed by atoms with Crippen molar-refractivity contribution in [2.24, 2.45) is 0 Å². The van der Waals surface area contributed by atoms with E-state index < -0.39 is 5.91 Å². The van der Waals surface area contributed by atoms with E-state index in [1.807, 2.05) is 66.7 Å². The highest BCUT2D eigenvalue weighted by molar-refractivity contribution is 6.06. The van der Waals surface area contributed by atoms with Gasteiger partial charge in [0.25, 0.3) is 5.91 Å². The highest BCUT2D eigenvalue weighted by Gasteiger charge is 2.09. The Bertz CT molecular complexity index is 992. The summed E-state index contributed by atoms with van der Waals surface area (Å²) in [5.74, 6) is 0.935. The molecule has 0 aliphatic rings. The van der Waals surface area contributed by atoms with Gasteiger partial charge < -0.3 is 15.4 Å². The molecule has 29 heavy (non-hydrogen) atoms. The first-order valence-electron chi connectivity index (χ1n) is 9.26. The van der Waals surface area contributed by atoms with Crippen molar-refractivity contribution in [1.29, 1.82) is 5.26 Å². The Balaban J connectivity index is 1.51. The molecular weight excluding hydrogens is 362 g/mol. The zero-order chi connectivity index (χ0) is 20.3. The van der Waals surface area contributed by atoms with E-state index in [1.165, 1.54) is 11.8 Å². The first-order valence-corrected chi connectivity index (χ1v) is 9.26. The van der Waals surface area contributed by atoms with Crippen molar-refractivity contribution in [1.82, 2.24) is 5.32 Å². The van der Waals surface area contributed by atoms with Crippen LogP contribution in [0.5, 0.6) is 11.5 Å². The molecule has 3 aromatic carbocycles. The van der Waals surface area contributed by atoms with Crippen molar-refractivity contribution in [3.8, 4) is 17.6 Å². The van der Waals surface area contributed by atoms with Crippen LogP contribution in [0.25, 0.3) is 0 Å². The fourth-order valence-electron chi connectivity index (χ4n) is 2.61. The van der Waals surface area contributed by atoms with Crippen molar-refractivity contribution in [3.05, 3.63) is 102 Å². The Hall–Kier alpha value is -4.04. The fourth-order valence-corrected chi connectivity index (χ4v) is 2.61. The average Bonchev–Trinajstić information content (AvgIpc) is 2.76. The van der Waals surface area contributed by atoms with Crippen LogP contribution in [0, 0.1) is 11.3 Å². The third-order valence-corrected chi connectivity index (χ3v) is 4.10. The van der Waals surface area contributed by atoms with Gasteiger partial charge in [-0.2, -0.15) is 5.26 Å². The van der Waals surface area contributed by atoms with Gasteiger partial charge in [0.05, 0.1) is 0 Å². The molecule has 3 aromatic rings. The second kappa shape index (κ2) is 10.3. The highest BCUT2D eigenvalue weighted by atomic mass is 16.5. The van der Waals surface area contributed by atoms with Gasteiger partial charge in [0, 0.05) is 18.4 Å². The number of amides is 1. The molecule has 2 N–H and O–H groups in total. The first kappa shape index (κ1) is 19.7. The van der Waals surface area contributed by atoms with Crippen LogP contribution in [-0.4, -0.2) is 12.5 Å². The van der Waals surface area contributed by atoms with E-state index >= 15 is 0 Å². The van der Waals surface area contributed by atoms with Crippen molar-refractivity contribution in [3.63, 3.8) is 0 Å². The molecule has 144 valence electrons. The summed E-state index contributed by atoms with van der Waals surface area (Å²) in [5.41, 5.74) is 1.79. The lowest BCUT2D eigenvalue weighted by Crippen LogP contribution is -2.17. The molecule has 0 radical (unpaired) electrons. The Kier molecular flexibility index (Phi) is 7.03. The Morgan fingerprint density at radius 1 is 0.897 bits per heavy atom. The molecule has 0 unspecified atom stereocenters. The van der Waals surface area contributed by atoms with Gasteiger partial charge in [-0.3, -0.25) is 4.79 Å². The summed E-state index contributed by atoms with van der Waals surface area (Å²) in [4.78, 5) is 12.3. The number of carbonyl (C=O) groups is 1. The van der Waals surface area contributed by atoms with E-state index in [1.54, 1.807) is 24.3 Å². The van der Waals surface area contributed by atoms with Crippen LogP contribution in [0.1, 0.15) is 5.56 Å². The predicted molar refractivity (Wildman–Crippen MR) is 113 cm³/mol. The molecule has 0 heterocycles. The van der Waals surface area contributed by atoms with Gasteiger partial charge in [-0.1, -0.05) is 48.5 Å². The Morgan fingerprint density at radius 2 is 1.52 bits per heavy atom. The Labute approximate surface area is 170 Å². The van der Waals surface area contributed by atoms with E-state index in [2.05, 4.69) is 10.6 Å². The number of ether oxygens (including phenoxy) is 1. The van der Waals surface area contributed by atoms with Gasteiger partial charge in [-0.05, 0) is 48.4 Å². The molecule has 5 heteroatoms. The number of rotatable bonds is 8. The van der Waals surface area contributed by atoms with Gasteiger partial charge in [0.2, 0.25) is 0 Å². The quantitative estimate of drug-likeness (QED) is 0.337. The van der Waals surface area contributed by atoms with E-state index in [0.717, 1.165) is 12.2 Å². The molecule has 5 nitrogen and oxygen atoms in total. The second-order valence-corrected chi connectivity index (χ2v) is 6.25. The van der Waals surface area contributed by atoms with E-state index in [-0.39, 0.29) is 5.57 Å². The van der Waals surface area contributed by atoms with Gasteiger partial charge in [0.1, 0.15) is 23.1 Å². The lowest BCUT2D eigenvalue weighted by Gasteiger charge is -2.08. The van der Waals surface area contributed by atoms with Gasteiger partial charge in [-0.25, -0.2) is 0 Å². The SMILES string of the molecule is N#C/C(=C/NCCc1ccccc1)C(=O)Nc1ccc(Oc2ccccc2)cc1. The predicted octanol–water partition coefficient (Wildman–Crippen LogP) is 4.66. The van der Waals surface area contributed by atoms with Crippen LogP contribution in [0.3, 0.4) is 0 Å². The minimum Gasteiger partial charge on any atom is -0.457 e. The summed E-state index contributed by atoms with van der Waals surface area (Å²) in [5, 5.41) is 15.0. The number of hydrogen-bond acceptors (Lipinski definition) is 4. The molecule has 0 aromatic heterocycles. The van der Waals surface area contributed by atoms with Gasteiger partial charge >= 0.3 is 0 Å². The average molecular weight is 383 g/mol. The minimum atomic E-state index is -0.462. The van der Waals surface area contributed by atoms with Crippen LogP contribution < -0.4 is 15.4 Å². The molecule has 0 spiro atoms. The molecule has 1 amide bonds. The zero-order valence-corrected chi connectivity index (χ0v) is 15.8. The van der Waals surface area contributed by atoms with E-state index in [0.29, 0.717) is 18.0 Å². The van der Waals surface area contributed by atoms with E-state index in [9.17, 15) is 10.1 Å². The van der Waals surface area contributed by atoms with E-state index in [4.69, 9.17) is 4.74 Å². The lowest BCUT2D eigenvalue weighted by atomic mass is 10.1. The second-order valence-electron chi connectivity index (χ2n) is 6.25. The topological polar surface area (TPSA) is 74.2 Å². The molecule has 0 saturated carbocycles. The van der Waals surface area contributed by atoms with Crippen molar-refractivity contribution in [2.45, 2.75) is 6.42 Å². The standard InChI is InChI=1S/C24H21N3O2/c25-17-20(18-26-16-15-19-7-3-1-4-8-19)24(28)27-21-11-13-23(14-12-21)29-22-9-5-2-6-10-22/h1-14,18,26H,15-16H2,(H,27,28)/b20-18-. The molecule has 0 saturated heterocycles. The normalized spacial score (nSPS) is 10.7. The highest BCUT2D eigenvalue weighted by Crippen LogP contribution is 2.22. The van der Waals surface area contributed by atoms with Crippen molar-refractivity contribution >= 4 is 11.6 Å². The first-order chi connectivity index (χ1) is 14.2. The minimum absolute atomic E-state index is 0.0164. The summed E-state index contributed by atoms with van der Waals surface area (Å²) in [6.45, 7) is 0.633. The lowest BCUT2D eigenvalue weighted by molar-refractivity contribution is -0.112. The number of nitrogens with zero attached hydrogens (tertiary/aromatic N) is 1. The van der Waals surface area contributed by atoms with Crippen LogP contribution in [0.15, 0.2) is 96.7 Å². The van der Waals surface area contributed by atoms with Gasteiger partial charge in [0.15, 0.2) is 0 Å². The van der Waals surface area contributed by atoms with Crippen LogP contribution >= 0.6 is 0 Å². The maximum absolute atomic E-state index is 12.3. The Morgan fingerprint density at radius 3 is 2.17 bits per heavy atom.